The van der Waals surface area contributed by atoms with Gasteiger partial charge in [-0.25, -0.2) is 15.0 Å². The Labute approximate surface area is 115 Å². The van der Waals surface area contributed by atoms with E-state index in [4.69, 9.17) is 0 Å². The topological polar surface area (TPSA) is 56.5 Å². The zero-order valence-corrected chi connectivity index (χ0v) is 12.0. The molecule has 5 nitrogen and oxygen atoms in total. The van der Waals surface area contributed by atoms with Gasteiger partial charge in [-0.3, -0.25) is 4.98 Å². The predicted molar refractivity (Wildman–Crippen MR) is 75.4 cm³/mol. The van der Waals surface area contributed by atoms with E-state index in [1.54, 1.807) is 11.3 Å². The molecule has 98 valence electrons. The fraction of sp³-hybridized carbons (Fsp3) is 0.385. The van der Waals surface area contributed by atoms with Crippen molar-refractivity contribution in [3.05, 3.63) is 34.4 Å². The maximum absolute atomic E-state index is 4.53. The second kappa shape index (κ2) is 4.70. The Balaban J connectivity index is 2.12. The highest BCUT2D eigenvalue weighted by molar-refractivity contribution is 7.09. The summed E-state index contributed by atoms with van der Waals surface area (Å²) in [5.41, 5.74) is 4.68. The van der Waals surface area contributed by atoms with E-state index in [-0.39, 0.29) is 0 Å². The second-order valence-electron chi connectivity index (χ2n) is 4.82. The smallest absolute Gasteiger partial charge is 0.164 e. The molecular weight excluding hydrogens is 258 g/mol. The predicted octanol–water partition coefficient (Wildman–Crippen LogP) is 2.76. The van der Waals surface area contributed by atoms with Gasteiger partial charge in [0.1, 0.15) is 11.3 Å². The summed E-state index contributed by atoms with van der Waals surface area (Å²) < 4.78 is 2.06. The lowest BCUT2D eigenvalue weighted by Crippen LogP contribution is -2.03. The van der Waals surface area contributed by atoms with Crippen LogP contribution < -0.4 is 0 Å². The first-order valence-electron chi connectivity index (χ1n) is 6.22. The zero-order valence-electron chi connectivity index (χ0n) is 11.2. The summed E-state index contributed by atoms with van der Waals surface area (Å²) in [5.74, 6) is 1.14. The molecule has 0 aliphatic carbocycles. The molecule has 3 aromatic heterocycles. The Bertz CT molecular complexity index is 699. The third-order valence-electron chi connectivity index (χ3n) is 2.96. The minimum atomic E-state index is 0.343. The molecule has 0 atom stereocenters. The van der Waals surface area contributed by atoms with Crippen LogP contribution in [0.25, 0.3) is 11.2 Å². The molecule has 0 radical (unpaired) electrons. The average molecular weight is 273 g/mol. The molecule has 6 heteroatoms. The molecule has 0 aliphatic heterocycles. The van der Waals surface area contributed by atoms with Crippen molar-refractivity contribution in [3.63, 3.8) is 0 Å². The molecule has 0 N–H and O–H groups in total. The van der Waals surface area contributed by atoms with E-state index in [1.165, 1.54) is 4.88 Å². The van der Waals surface area contributed by atoms with Crippen molar-refractivity contribution in [1.29, 1.82) is 0 Å². The van der Waals surface area contributed by atoms with Crippen molar-refractivity contribution in [3.8, 4) is 0 Å². The number of rotatable bonds is 3. The van der Waals surface area contributed by atoms with E-state index >= 15 is 0 Å². The Kier molecular flexibility index (Phi) is 3.02. The van der Waals surface area contributed by atoms with Crippen molar-refractivity contribution in [2.75, 3.05) is 0 Å². The number of thiazole rings is 1. The van der Waals surface area contributed by atoms with Crippen LogP contribution in [0.2, 0.25) is 0 Å². The molecule has 3 aromatic rings. The second-order valence-corrected chi connectivity index (χ2v) is 5.79. The minimum absolute atomic E-state index is 0.343. The molecule has 0 fully saturated rings. The molecule has 3 rings (SSSR count). The highest BCUT2D eigenvalue weighted by atomic mass is 32.1. The van der Waals surface area contributed by atoms with Gasteiger partial charge in [0.15, 0.2) is 5.65 Å². The highest BCUT2D eigenvalue weighted by Gasteiger charge is 2.14. The molecule has 0 unspecified atom stereocenters. The van der Waals surface area contributed by atoms with Crippen LogP contribution in [0.1, 0.15) is 36.2 Å². The van der Waals surface area contributed by atoms with Gasteiger partial charge in [0, 0.05) is 11.1 Å². The van der Waals surface area contributed by atoms with Crippen molar-refractivity contribution >= 4 is 22.5 Å². The van der Waals surface area contributed by atoms with Gasteiger partial charge in [-0.1, -0.05) is 13.8 Å². The summed E-state index contributed by atoms with van der Waals surface area (Å²) in [4.78, 5) is 18.8. The van der Waals surface area contributed by atoms with Gasteiger partial charge in [-0.15, -0.1) is 11.3 Å². The minimum Gasteiger partial charge on any atom is -0.310 e. The molecule has 0 saturated carbocycles. The fourth-order valence-corrected chi connectivity index (χ4v) is 2.68. The molecule has 0 amide bonds. The Morgan fingerprint density at radius 1 is 1.32 bits per heavy atom. The first-order valence-corrected chi connectivity index (χ1v) is 7.10. The third kappa shape index (κ3) is 2.23. The van der Waals surface area contributed by atoms with E-state index in [0.717, 1.165) is 29.2 Å². The van der Waals surface area contributed by atoms with Gasteiger partial charge >= 0.3 is 0 Å². The Hall–Kier alpha value is -1.82. The van der Waals surface area contributed by atoms with E-state index in [9.17, 15) is 0 Å². The molecule has 3 heterocycles. The molecule has 0 aliphatic rings. The van der Waals surface area contributed by atoms with Crippen molar-refractivity contribution in [2.24, 2.45) is 0 Å². The first kappa shape index (κ1) is 12.2. The SMILES string of the molecule is Cc1nc(C(C)C)c2ncn(Cc3cncs3)c2n1. The quantitative estimate of drug-likeness (QED) is 0.736. The number of hydrogen-bond acceptors (Lipinski definition) is 5. The molecular formula is C13H15N5S. The lowest BCUT2D eigenvalue weighted by molar-refractivity contribution is 0.801. The summed E-state index contributed by atoms with van der Waals surface area (Å²) >= 11 is 1.64. The monoisotopic (exact) mass is 273 g/mol. The van der Waals surface area contributed by atoms with Gasteiger partial charge in [0.05, 0.1) is 24.1 Å². The Morgan fingerprint density at radius 3 is 2.84 bits per heavy atom. The summed E-state index contributed by atoms with van der Waals surface area (Å²) in [5, 5.41) is 0. The van der Waals surface area contributed by atoms with E-state index in [1.807, 2.05) is 25.0 Å². The van der Waals surface area contributed by atoms with Crippen molar-refractivity contribution in [1.82, 2.24) is 24.5 Å². The molecule has 0 saturated heterocycles. The average Bonchev–Trinajstić information content (AvgIpc) is 2.99. The van der Waals surface area contributed by atoms with Gasteiger partial charge in [0.25, 0.3) is 0 Å². The molecule has 19 heavy (non-hydrogen) atoms. The fourth-order valence-electron chi connectivity index (χ4n) is 2.09. The largest absolute Gasteiger partial charge is 0.310 e. The number of hydrogen-bond donors (Lipinski definition) is 0. The van der Waals surface area contributed by atoms with Crippen molar-refractivity contribution in [2.45, 2.75) is 33.2 Å². The van der Waals surface area contributed by atoms with Crippen LogP contribution in [-0.2, 0) is 6.54 Å². The van der Waals surface area contributed by atoms with Crippen molar-refractivity contribution < 1.29 is 0 Å². The van der Waals surface area contributed by atoms with Crippen LogP contribution >= 0.6 is 11.3 Å². The first-order chi connectivity index (χ1) is 9.15. The van der Waals surface area contributed by atoms with Crippen LogP contribution in [-0.4, -0.2) is 24.5 Å². The summed E-state index contributed by atoms with van der Waals surface area (Å²) in [6, 6.07) is 0. The summed E-state index contributed by atoms with van der Waals surface area (Å²) in [6.45, 7) is 6.94. The lowest BCUT2D eigenvalue weighted by atomic mass is 10.1. The normalized spacial score (nSPS) is 11.6. The molecule has 0 spiro atoms. The van der Waals surface area contributed by atoms with Crippen LogP contribution in [0.5, 0.6) is 0 Å². The van der Waals surface area contributed by atoms with Gasteiger partial charge in [0.2, 0.25) is 0 Å². The zero-order chi connectivity index (χ0) is 13.4. The van der Waals surface area contributed by atoms with Crippen LogP contribution in [0.3, 0.4) is 0 Å². The van der Waals surface area contributed by atoms with Gasteiger partial charge in [-0.05, 0) is 12.8 Å². The summed E-state index contributed by atoms with van der Waals surface area (Å²) in [7, 11) is 0. The van der Waals surface area contributed by atoms with E-state index in [0.29, 0.717) is 5.92 Å². The molecule has 0 bridgehead atoms. The maximum Gasteiger partial charge on any atom is 0.164 e. The number of imidazole rings is 1. The number of nitrogens with zero attached hydrogens (tertiary/aromatic N) is 5. The number of aryl methyl sites for hydroxylation is 1. The Morgan fingerprint density at radius 2 is 2.16 bits per heavy atom. The number of fused-ring (bicyclic) bond motifs is 1. The third-order valence-corrected chi connectivity index (χ3v) is 3.72. The van der Waals surface area contributed by atoms with Gasteiger partial charge < -0.3 is 4.57 Å². The van der Waals surface area contributed by atoms with E-state index in [2.05, 4.69) is 38.4 Å². The maximum atomic E-state index is 4.53. The lowest BCUT2D eigenvalue weighted by Gasteiger charge is -2.07. The standard InChI is InChI=1S/C13H15N5S/c1-8(2)11-12-13(17-9(3)16-11)18(6-15-12)5-10-4-14-7-19-10/h4,6-8H,5H2,1-3H3. The number of aromatic nitrogens is 5. The van der Waals surface area contributed by atoms with Crippen LogP contribution in [0.15, 0.2) is 18.0 Å². The van der Waals surface area contributed by atoms with Gasteiger partial charge in [-0.2, -0.15) is 0 Å². The van der Waals surface area contributed by atoms with E-state index < -0.39 is 0 Å². The molecule has 0 aromatic carbocycles. The highest BCUT2D eigenvalue weighted by Crippen LogP contribution is 2.22. The summed E-state index contributed by atoms with van der Waals surface area (Å²) in [6.07, 6.45) is 3.72. The van der Waals surface area contributed by atoms with Crippen LogP contribution in [0, 0.1) is 6.92 Å². The van der Waals surface area contributed by atoms with Crippen LogP contribution in [0.4, 0.5) is 0 Å².